The molecule has 3 nitrogen and oxygen atoms in total. The third-order valence-corrected chi connectivity index (χ3v) is 7.63. The minimum Gasteiger partial charge on any atom is -0.507 e. The van der Waals surface area contributed by atoms with Crippen molar-refractivity contribution >= 4 is 10.8 Å². The molecule has 1 N–H and O–H groups in total. The average Bonchev–Trinajstić information content (AvgIpc) is 3.41. The standard InChI is InChI=1S/C25H24O3/c1-27-22-10-17-18(11-23(22)28-2)24-16-5-3-4-6-19(16)25(20(24)12-21(17)26)13-14-7-8-15(25)9-14/h3-6,10-12,14-15,26H,7-9,13H2,1-2H3. The molecule has 2 bridgehead atoms. The van der Waals surface area contributed by atoms with E-state index in [1.807, 2.05) is 18.2 Å². The highest BCUT2D eigenvalue weighted by molar-refractivity contribution is 6.06. The number of methoxy groups -OCH3 is 2. The molecule has 2 fully saturated rings. The van der Waals surface area contributed by atoms with Crippen LogP contribution in [0.15, 0.2) is 42.5 Å². The molecule has 3 aromatic rings. The normalized spacial score (nSPS) is 26.6. The van der Waals surface area contributed by atoms with Gasteiger partial charge >= 0.3 is 0 Å². The number of phenols is 1. The molecule has 3 heteroatoms. The molecule has 142 valence electrons. The predicted octanol–water partition coefficient (Wildman–Crippen LogP) is 5.65. The lowest BCUT2D eigenvalue weighted by Crippen LogP contribution is -2.31. The molecule has 3 atom stereocenters. The number of benzene rings is 3. The van der Waals surface area contributed by atoms with E-state index in [4.69, 9.17) is 9.47 Å². The van der Waals surface area contributed by atoms with E-state index in [0.29, 0.717) is 23.2 Å². The van der Waals surface area contributed by atoms with Gasteiger partial charge in [-0.15, -0.1) is 0 Å². The van der Waals surface area contributed by atoms with E-state index >= 15 is 0 Å². The minimum atomic E-state index is 0.0632. The van der Waals surface area contributed by atoms with Crippen LogP contribution >= 0.6 is 0 Å². The van der Waals surface area contributed by atoms with Crippen LogP contribution < -0.4 is 9.47 Å². The second kappa shape index (κ2) is 5.44. The van der Waals surface area contributed by atoms with Gasteiger partial charge in [0.15, 0.2) is 11.5 Å². The Morgan fingerprint density at radius 2 is 1.68 bits per heavy atom. The van der Waals surface area contributed by atoms with E-state index in [1.165, 1.54) is 47.9 Å². The number of ether oxygens (including phenoxy) is 2. The lowest BCUT2D eigenvalue weighted by atomic mass is 9.66. The van der Waals surface area contributed by atoms with Crippen LogP contribution in [-0.4, -0.2) is 19.3 Å². The van der Waals surface area contributed by atoms with E-state index in [0.717, 1.165) is 16.7 Å². The average molecular weight is 372 g/mol. The number of hydrogen-bond acceptors (Lipinski definition) is 3. The van der Waals surface area contributed by atoms with Gasteiger partial charge in [-0.1, -0.05) is 30.7 Å². The molecule has 3 aliphatic carbocycles. The fourth-order valence-electron chi connectivity index (χ4n) is 6.60. The van der Waals surface area contributed by atoms with E-state index in [1.54, 1.807) is 14.2 Å². The Hall–Kier alpha value is -2.68. The highest BCUT2D eigenvalue weighted by atomic mass is 16.5. The predicted molar refractivity (Wildman–Crippen MR) is 110 cm³/mol. The number of aromatic hydroxyl groups is 1. The largest absolute Gasteiger partial charge is 0.507 e. The quantitative estimate of drug-likeness (QED) is 0.632. The second-order valence-electron chi connectivity index (χ2n) is 8.67. The van der Waals surface area contributed by atoms with Gasteiger partial charge in [0, 0.05) is 10.8 Å². The maximum absolute atomic E-state index is 11.0. The molecule has 0 amide bonds. The number of rotatable bonds is 2. The smallest absolute Gasteiger partial charge is 0.161 e. The first-order chi connectivity index (χ1) is 13.7. The van der Waals surface area contributed by atoms with Crippen molar-refractivity contribution in [2.75, 3.05) is 14.2 Å². The fraction of sp³-hybridized carbons (Fsp3) is 0.360. The topological polar surface area (TPSA) is 38.7 Å². The highest BCUT2D eigenvalue weighted by Crippen LogP contribution is 2.67. The molecule has 0 heterocycles. The Morgan fingerprint density at radius 3 is 2.36 bits per heavy atom. The zero-order valence-corrected chi connectivity index (χ0v) is 16.3. The first-order valence-electron chi connectivity index (χ1n) is 10.2. The highest BCUT2D eigenvalue weighted by Gasteiger charge is 2.57. The maximum atomic E-state index is 11.0. The third kappa shape index (κ3) is 1.80. The van der Waals surface area contributed by atoms with Crippen LogP contribution in [0.1, 0.15) is 36.8 Å². The number of phenolic OH excluding ortho intramolecular Hbond substituents is 1. The molecule has 0 saturated heterocycles. The Morgan fingerprint density at radius 1 is 0.929 bits per heavy atom. The Balaban J connectivity index is 1.74. The van der Waals surface area contributed by atoms with Gasteiger partial charge in [-0.25, -0.2) is 0 Å². The first kappa shape index (κ1) is 16.3. The summed E-state index contributed by atoms with van der Waals surface area (Å²) in [6, 6.07) is 14.9. The fourth-order valence-corrected chi connectivity index (χ4v) is 6.60. The summed E-state index contributed by atoms with van der Waals surface area (Å²) in [6.45, 7) is 0. The van der Waals surface area contributed by atoms with Crippen molar-refractivity contribution in [3.63, 3.8) is 0 Å². The Kier molecular flexibility index (Phi) is 3.16. The summed E-state index contributed by atoms with van der Waals surface area (Å²) < 4.78 is 11.1. The zero-order chi connectivity index (χ0) is 19.0. The van der Waals surface area contributed by atoms with Gasteiger partial charge in [0.2, 0.25) is 0 Å². The van der Waals surface area contributed by atoms with Gasteiger partial charge in [-0.2, -0.15) is 0 Å². The molecule has 3 unspecified atom stereocenters. The van der Waals surface area contributed by atoms with Gasteiger partial charge in [0.1, 0.15) is 5.75 Å². The maximum Gasteiger partial charge on any atom is 0.161 e. The van der Waals surface area contributed by atoms with Crippen LogP contribution in [-0.2, 0) is 5.41 Å². The molecular weight excluding hydrogens is 348 g/mol. The summed E-state index contributed by atoms with van der Waals surface area (Å²) in [5.41, 5.74) is 5.43. The van der Waals surface area contributed by atoms with Crippen LogP contribution in [0.2, 0.25) is 0 Å². The van der Waals surface area contributed by atoms with Gasteiger partial charge in [0.05, 0.1) is 14.2 Å². The van der Waals surface area contributed by atoms with Crippen LogP contribution in [0.4, 0.5) is 0 Å². The summed E-state index contributed by atoms with van der Waals surface area (Å²) in [5, 5.41) is 12.9. The lowest BCUT2D eigenvalue weighted by molar-refractivity contribution is 0.326. The summed E-state index contributed by atoms with van der Waals surface area (Å²) in [6.07, 6.45) is 5.18. The minimum absolute atomic E-state index is 0.0632. The molecular formula is C25H24O3. The van der Waals surface area contributed by atoms with Gasteiger partial charge in [-0.05, 0) is 76.9 Å². The Labute approximate surface area is 164 Å². The zero-order valence-electron chi connectivity index (χ0n) is 16.3. The molecule has 3 aromatic carbocycles. The number of hydrogen-bond donors (Lipinski definition) is 1. The van der Waals surface area contributed by atoms with Crippen LogP contribution in [0.5, 0.6) is 17.2 Å². The summed E-state index contributed by atoms with van der Waals surface area (Å²) in [4.78, 5) is 0. The van der Waals surface area contributed by atoms with Crippen molar-refractivity contribution in [2.45, 2.75) is 31.1 Å². The molecule has 6 rings (SSSR count). The molecule has 0 radical (unpaired) electrons. The molecule has 2 saturated carbocycles. The third-order valence-electron chi connectivity index (χ3n) is 7.63. The summed E-state index contributed by atoms with van der Waals surface area (Å²) in [5.74, 6) is 3.18. The first-order valence-corrected chi connectivity index (χ1v) is 10.2. The van der Waals surface area contributed by atoms with Crippen LogP contribution in [0.3, 0.4) is 0 Å². The molecule has 3 aliphatic rings. The number of fused-ring (bicyclic) bond motifs is 10. The Bertz CT molecular complexity index is 1130. The van der Waals surface area contributed by atoms with E-state index < -0.39 is 0 Å². The van der Waals surface area contributed by atoms with Crippen molar-refractivity contribution in [1.29, 1.82) is 0 Å². The lowest BCUT2D eigenvalue weighted by Gasteiger charge is -2.36. The van der Waals surface area contributed by atoms with Crippen molar-refractivity contribution in [1.82, 2.24) is 0 Å². The van der Waals surface area contributed by atoms with Gasteiger partial charge in [0.25, 0.3) is 0 Å². The van der Waals surface area contributed by atoms with Crippen molar-refractivity contribution < 1.29 is 14.6 Å². The molecule has 1 spiro atoms. The van der Waals surface area contributed by atoms with Crippen molar-refractivity contribution in [2.24, 2.45) is 11.8 Å². The SMILES string of the molecule is COc1cc2c(O)cc3c(c2cc1OC)-c1ccccc1C31CC2CCC1C2. The van der Waals surface area contributed by atoms with Crippen molar-refractivity contribution in [3.05, 3.63) is 53.6 Å². The van der Waals surface area contributed by atoms with Gasteiger partial charge in [-0.3, -0.25) is 0 Å². The van der Waals surface area contributed by atoms with Crippen LogP contribution in [0.25, 0.3) is 21.9 Å². The molecule has 0 aromatic heterocycles. The summed E-state index contributed by atoms with van der Waals surface area (Å²) in [7, 11) is 3.30. The van der Waals surface area contributed by atoms with E-state index in [2.05, 4.69) is 24.3 Å². The van der Waals surface area contributed by atoms with Gasteiger partial charge < -0.3 is 14.6 Å². The molecule has 0 aliphatic heterocycles. The summed E-state index contributed by atoms with van der Waals surface area (Å²) >= 11 is 0. The van der Waals surface area contributed by atoms with E-state index in [-0.39, 0.29) is 5.41 Å². The monoisotopic (exact) mass is 372 g/mol. The van der Waals surface area contributed by atoms with Crippen molar-refractivity contribution in [3.8, 4) is 28.4 Å². The van der Waals surface area contributed by atoms with E-state index in [9.17, 15) is 5.11 Å². The van der Waals surface area contributed by atoms with Crippen LogP contribution in [0, 0.1) is 11.8 Å². The molecule has 28 heavy (non-hydrogen) atoms. The second-order valence-corrected chi connectivity index (χ2v) is 8.67.